The highest BCUT2D eigenvalue weighted by Crippen LogP contribution is 2.34. The second kappa shape index (κ2) is 5.64. The van der Waals surface area contributed by atoms with E-state index in [1.807, 2.05) is 6.07 Å². The average molecular weight is 344 g/mol. The van der Waals surface area contributed by atoms with Crippen molar-refractivity contribution in [2.45, 2.75) is 31.5 Å². The van der Waals surface area contributed by atoms with Crippen molar-refractivity contribution in [2.24, 2.45) is 0 Å². The molecule has 0 spiro atoms. The summed E-state index contributed by atoms with van der Waals surface area (Å²) in [6.07, 6.45) is 1.40. The van der Waals surface area contributed by atoms with E-state index in [1.54, 1.807) is 0 Å². The molecule has 0 saturated heterocycles. The molecule has 0 saturated carbocycles. The maximum Gasteiger partial charge on any atom is 0.224 e. The van der Waals surface area contributed by atoms with Gasteiger partial charge >= 0.3 is 0 Å². The molecule has 2 aromatic rings. The number of hydrogen-bond donors (Lipinski definition) is 1. The van der Waals surface area contributed by atoms with E-state index in [1.165, 1.54) is 27.8 Å². The Kier molecular flexibility index (Phi) is 3.85. The van der Waals surface area contributed by atoms with E-state index in [0.29, 0.717) is 6.42 Å². The van der Waals surface area contributed by atoms with Gasteiger partial charge in [0.1, 0.15) is 0 Å². The van der Waals surface area contributed by atoms with Gasteiger partial charge in [-0.15, -0.1) is 0 Å². The van der Waals surface area contributed by atoms with Crippen LogP contribution in [0.2, 0.25) is 0 Å². The highest BCUT2D eigenvalue weighted by atomic mass is 79.9. The Hall–Kier alpha value is -1.61. The molecule has 0 aliphatic carbocycles. The van der Waals surface area contributed by atoms with Crippen LogP contribution in [-0.2, 0) is 11.2 Å². The molecule has 21 heavy (non-hydrogen) atoms. The molecule has 108 valence electrons. The minimum absolute atomic E-state index is 0.111. The second-order valence-electron chi connectivity index (χ2n) is 5.67. The summed E-state index contributed by atoms with van der Waals surface area (Å²) in [5.41, 5.74) is 7.29. The molecule has 0 fully saturated rings. The molecule has 1 aliphatic rings. The number of carbonyl (C=O) groups excluding carboxylic acids is 1. The van der Waals surface area contributed by atoms with Gasteiger partial charge in [-0.1, -0.05) is 46.3 Å². The zero-order valence-electron chi connectivity index (χ0n) is 12.2. The molecule has 3 heteroatoms. The Morgan fingerprint density at radius 3 is 2.48 bits per heavy atom. The molecule has 0 bridgehead atoms. The average Bonchev–Trinajstić information content (AvgIpc) is 2.49. The number of halogens is 1. The zero-order valence-corrected chi connectivity index (χ0v) is 13.8. The van der Waals surface area contributed by atoms with Gasteiger partial charge in [0.2, 0.25) is 5.91 Å². The van der Waals surface area contributed by atoms with E-state index in [2.05, 4.69) is 65.4 Å². The van der Waals surface area contributed by atoms with Gasteiger partial charge in [-0.2, -0.15) is 0 Å². The first-order chi connectivity index (χ1) is 10.0. The number of anilines is 1. The number of carbonyl (C=O) groups is 1. The lowest BCUT2D eigenvalue weighted by atomic mass is 9.96. The molecule has 2 nitrogen and oxygen atoms in total. The van der Waals surface area contributed by atoms with Gasteiger partial charge in [-0.05, 0) is 54.2 Å². The van der Waals surface area contributed by atoms with Gasteiger partial charge in [-0.3, -0.25) is 4.79 Å². The summed E-state index contributed by atoms with van der Waals surface area (Å²) in [7, 11) is 0. The summed E-state index contributed by atoms with van der Waals surface area (Å²) in [5, 5.41) is 2.93. The third-order valence-electron chi connectivity index (χ3n) is 4.14. The Balaban J connectivity index is 1.93. The number of nitrogens with one attached hydrogen (secondary N) is 1. The molecule has 1 atom stereocenters. The molecule has 2 aromatic carbocycles. The predicted molar refractivity (Wildman–Crippen MR) is 90.1 cm³/mol. The quantitative estimate of drug-likeness (QED) is 0.788. The largest absolute Gasteiger partial charge is 0.326 e. The van der Waals surface area contributed by atoms with Crippen LogP contribution in [0.1, 0.15) is 39.1 Å². The molecule has 3 rings (SSSR count). The molecule has 0 aromatic heterocycles. The van der Waals surface area contributed by atoms with Crippen LogP contribution in [0.15, 0.2) is 36.4 Å². The Morgan fingerprint density at radius 1 is 1.00 bits per heavy atom. The van der Waals surface area contributed by atoms with Gasteiger partial charge in [0.05, 0.1) is 4.83 Å². The number of amides is 1. The summed E-state index contributed by atoms with van der Waals surface area (Å²) in [6, 6.07) is 12.9. The lowest BCUT2D eigenvalue weighted by Gasteiger charge is -2.19. The van der Waals surface area contributed by atoms with Gasteiger partial charge in [0.25, 0.3) is 0 Å². The van der Waals surface area contributed by atoms with Crippen LogP contribution >= 0.6 is 15.9 Å². The van der Waals surface area contributed by atoms with Crippen LogP contribution in [0.5, 0.6) is 0 Å². The molecule has 1 heterocycles. The van der Waals surface area contributed by atoms with Crippen molar-refractivity contribution >= 4 is 27.5 Å². The molecule has 1 aliphatic heterocycles. The van der Waals surface area contributed by atoms with E-state index < -0.39 is 0 Å². The Morgan fingerprint density at radius 2 is 1.71 bits per heavy atom. The highest BCUT2D eigenvalue weighted by molar-refractivity contribution is 9.09. The van der Waals surface area contributed by atoms with Gasteiger partial charge in [0.15, 0.2) is 0 Å². The highest BCUT2D eigenvalue weighted by Gasteiger charge is 2.17. The second-order valence-corrected chi connectivity index (χ2v) is 6.59. The van der Waals surface area contributed by atoms with Crippen LogP contribution < -0.4 is 5.32 Å². The molecular formula is C18H18BrNO. The maximum absolute atomic E-state index is 11.4. The summed E-state index contributed by atoms with van der Waals surface area (Å²) in [5.74, 6) is 0.111. The van der Waals surface area contributed by atoms with Crippen LogP contribution in [0.4, 0.5) is 5.69 Å². The first-order valence-corrected chi connectivity index (χ1v) is 8.10. The number of aryl methyl sites for hydroxylation is 3. The third kappa shape index (κ3) is 2.88. The van der Waals surface area contributed by atoms with E-state index in [0.717, 1.165) is 12.1 Å². The van der Waals surface area contributed by atoms with Crippen LogP contribution in [-0.4, -0.2) is 5.91 Å². The fraction of sp³-hybridized carbons (Fsp3) is 0.278. The monoisotopic (exact) mass is 343 g/mol. The van der Waals surface area contributed by atoms with Crippen molar-refractivity contribution < 1.29 is 4.79 Å². The van der Waals surface area contributed by atoms with Crippen molar-refractivity contribution in [1.29, 1.82) is 0 Å². The SMILES string of the molecule is Cc1ccc(C(Br)c2ccc3c(c2)CCC(=O)N3)cc1C. The number of rotatable bonds is 2. The van der Waals surface area contributed by atoms with Crippen molar-refractivity contribution in [2.75, 3.05) is 5.32 Å². The molecule has 0 radical (unpaired) electrons. The van der Waals surface area contributed by atoms with Crippen molar-refractivity contribution in [3.05, 3.63) is 64.2 Å². The zero-order chi connectivity index (χ0) is 15.0. The summed E-state index contributed by atoms with van der Waals surface area (Å²) in [6.45, 7) is 4.27. The summed E-state index contributed by atoms with van der Waals surface area (Å²) in [4.78, 5) is 11.6. The van der Waals surface area contributed by atoms with E-state index >= 15 is 0 Å². The minimum Gasteiger partial charge on any atom is -0.326 e. The Bertz CT molecular complexity index is 708. The van der Waals surface area contributed by atoms with Gasteiger partial charge in [0, 0.05) is 12.1 Å². The van der Waals surface area contributed by atoms with Crippen LogP contribution in [0, 0.1) is 13.8 Å². The standard InChI is InChI=1S/C18H18BrNO/c1-11-3-4-14(9-12(11)2)18(19)15-5-7-16-13(10-15)6-8-17(21)20-16/h3-5,7,9-10,18H,6,8H2,1-2H3,(H,20,21). The molecule has 1 amide bonds. The Labute approximate surface area is 133 Å². The summed E-state index contributed by atoms with van der Waals surface area (Å²) < 4.78 is 0. The van der Waals surface area contributed by atoms with Crippen LogP contribution in [0.25, 0.3) is 0 Å². The van der Waals surface area contributed by atoms with E-state index in [9.17, 15) is 4.79 Å². The fourth-order valence-corrected chi connectivity index (χ4v) is 3.25. The number of alkyl halides is 1. The number of hydrogen-bond acceptors (Lipinski definition) is 1. The maximum atomic E-state index is 11.4. The fourth-order valence-electron chi connectivity index (χ4n) is 2.68. The molecular weight excluding hydrogens is 326 g/mol. The van der Waals surface area contributed by atoms with Gasteiger partial charge in [-0.25, -0.2) is 0 Å². The van der Waals surface area contributed by atoms with E-state index in [4.69, 9.17) is 0 Å². The van der Waals surface area contributed by atoms with Crippen molar-refractivity contribution in [1.82, 2.24) is 0 Å². The first-order valence-electron chi connectivity index (χ1n) is 7.18. The van der Waals surface area contributed by atoms with Crippen molar-refractivity contribution in [3.8, 4) is 0 Å². The lowest BCUT2D eigenvalue weighted by molar-refractivity contribution is -0.116. The topological polar surface area (TPSA) is 29.1 Å². The number of benzene rings is 2. The lowest BCUT2D eigenvalue weighted by Crippen LogP contribution is -2.19. The predicted octanol–water partition coefficient (Wildman–Crippen LogP) is 4.67. The normalized spacial score (nSPS) is 15.3. The third-order valence-corrected chi connectivity index (χ3v) is 5.20. The first kappa shape index (κ1) is 14.3. The minimum atomic E-state index is 0.111. The van der Waals surface area contributed by atoms with Crippen LogP contribution in [0.3, 0.4) is 0 Å². The molecule has 1 unspecified atom stereocenters. The van der Waals surface area contributed by atoms with E-state index in [-0.39, 0.29) is 10.7 Å². The smallest absolute Gasteiger partial charge is 0.224 e. The molecule has 1 N–H and O–H groups in total. The summed E-state index contributed by atoms with van der Waals surface area (Å²) >= 11 is 3.81. The number of fused-ring (bicyclic) bond motifs is 1. The van der Waals surface area contributed by atoms with Gasteiger partial charge < -0.3 is 5.32 Å². The van der Waals surface area contributed by atoms with Crippen molar-refractivity contribution in [3.63, 3.8) is 0 Å².